The molecule has 0 amide bonds. The van der Waals surface area contributed by atoms with Gasteiger partial charge in [0.2, 0.25) is 0 Å². The van der Waals surface area contributed by atoms with E-state index in [2.05, 4.69) is 18.7 Å². The van der Waals surface area contributed by atoms with Gasteiger partial charge in [-0.15, -0.1) is 0 Å². The van der Waals surface area contributed by atoms with E-state index in [-0.39, 0.29) is 0 Å². The first-order valence-electron chi connectivity index (χ1n) is 8.90. The normalized spacial score (nSPS) is 10.8. The van der Waals surface area contributed by atoms with Crippen molar-refractivity contribution in [2.75, 3.05) is 37.7 Å². The van der Waals surface area contributed by atoms with Crippen LogP contribution >= 0.6 is 0 Å². The molecule has 0 unspecified atom stereocenters. The Morgan fingerprint density at radius 1 is 0.760 bits per heavy atom. The maximum Gasteiger partial charge on any atom is 0.129 e. The van der Waals surface area contributed by atoms with Crippen LogP contribution in [0.2, 0.25) is 0 Å². The van der Waals surface area contributed by atoms with Gasteiger partial charge in [-0.05, 0) is 62.3 Å². The number of nitrogen functional groups attached to an aromatic ring is 2. The maximum atomic E-state index is 5.84. The molecule has 5 nitrogen and oxygen atoms in total. The van der Waals surface area contributed by atoms with E-state index in [1.165, 1.54) is 12.8 Å². The monoisotopic (exact) mass is 343 g/mol. The molecular weight excluding hydrogens is 314 g/mol. The van der Waals surface area contributed by atoms with Crippen LogP contribution in [-0.4, -0.2) is 31.1 Å². The number of anilines is 2. The predicted molar refractivity (Wildman–Crippen MR) is 104 cm³/mol. The Bertz CT molecular complexity index is 638. The fraction of sp³-hybridized carbons (Fsp3) is 0.400. The number of benzene rings is 2. The summed E-state index contributed by atoms with van der Waals surface area (Å²) in [6.45, 7) is 8.29. The molecule has 0 spiro atoms. The molecule has 2 aromatic rings. The molecule has 0 aliphatic heterocycles. The molecule has 0 saturated heterocycles. The average Bonchev–Trinajstić information content (AvgIpc) is 2.60. The number of hydrogen-bond donors (Lipinski definition) is 2. The van der Waals surface area contributed by atoms with Gasteiger partial charge in [0.05, 0.1) is 11.4 Å². The zero-order valence-electron chi connectivity index (χ0n) is 15.2. The number of rotatable bonds is 10. The quantitative estimate of drug-likeness (QED) is 0.634. The van der Waals surface area contributed by atoms with Gasteiger partial charge in [-0.1, -0.05) is 13.8 Å². The summed E-state index contributed by atoms with van der Waals surface area (Å²) in [7, 11) is 0. The minimum Gasteiger partial charge on any atom is -0.492 e. The highest BCUT2D eigenvalue weighted by Crippen LogP contribution is 2.27. The molecule has 0 aliphatic carbocycles. The first-order chi connectivity index (χ1) is 12.1. The Kier molecular flexibility index (Phi) is 7.41. The smallest absolute Gasteiger partial charge is 0.129 e. The average molecular weight is 343 g/mol. The summed E-state index contributed by atoms with van der Waals surface area (Å²) in [5, 5.41) is 0. The second-order valence-electron chi connectivity index (χ2n) is 6.05. The van der Waals surface area contributed by atoms with Gasteiger partial charge < -0.3 is 20.9 Å². The molecule has 0 saturated carbocycles. The third kappa shape index (κ3) is 6.19. The maximum absolute atomic E-state index is 5.84. The minimum atomic E-state index is 0.515. The zero-order chi connectivity index (χ0) is 18.1. The summed E-state index contributed by atoms with van der Waals surface area (Å²) in [4.78, 5) is 2.43. The van der Waals surface area contributed by atoms with E-state index in [1.54, 1.807) is 18.2 Å². The first kappa shape index (κ1) is 18.9. The third-order valence-electron chi connectivity index (χ3n) is 3.87. The first-order valence-corrected chi connectivity index (χ1v) is 8.90. The van der Waals surface area contributed by atoms with E-state index in [9.17, 15) is 0 Å². The standard InChI is InChI=1S/C20H29N3O2/c1-3-11-23(12-4-2)13-14-24-16-5-7-17(8-6-16)25-18-9-10-19(21)20(22)15-18/h5-10,15H,3-4,11-14,21-22H2,1-2H3. The van der Waals surface area contributed by atoms with Crippen LogP contribution in [0.5, 0.6) is 17.2 Å². The SMILES string of the molecule is CCCN(CCC)CCOc1ccc(Oc2ccc(N)c(N)c2)cc1. The van der Waals surface area contributed by atoms with Crippen molar-refractivity contribution in [1.82, 2.24) is 4.90 Å². The summed E-state index contributed by atoms with van der Waals surface area (Å²) < 4.78 is 11.6. The molecule has 2 rings (SSSR count). The lowest BCUT2D eigenvalue weighted by molar-refractivity contribution is 0.209. The molecule has 0 aliphatic rings. The van der Waals surface area contributed by atoms with Crippen LogP contribution in [-0.2, 0) is 0 Å². The fourth-order valence-electron chi connectivity index (χ4n) is 2.62. The molecule has 0 radical (unpaired) electrons. The third-order valence-corrected chi connectivity index (χ3v) is 3.87. The molecule has 4 N–H and O–H groups in total. The van der Waals surface area contributed by atoms with Crippen molar-refractivity contribution in [3.05, 3.63) is 42.5 Å². The Morgan fingerprint density at radius 2 is 1.36 bits per heavy atom. The summed E-state index contributed by atoms with van der Waals surface area (Å²) in [5.74, 6) is 2.24. The van der Waals surface area contributed by atoms with Gasteiger partial charge in [-0.3, -0.25) is 4.90 Å². The lowest BCUT2D eigenvalue weighted by Gasteiger charge is -2.20. The van der Waals surface area contributed by atoms with Crippen molar-refractivity contribution < 1.29 is 9.47 Å². The van der Waals surface area contributed by atoms with Gasteiger partial charge in [-0.25, -0.2) is 0 Å². The molecule has 0 heterocycles. The van der Waals surface area contributed by atoms with Crippen molar-refractivity contribution in [3.63, 3.8) is 0 Å². The Labute approximate surface area is 150 Å². The number of hydrogen-bond acceptors (Lipinski definition) is 5. The van der Waals surface area contributed by atoms with Gasteiger partial charge in [-0.2, -0.15) is 0 Å². The van der Waals surface area contributed by atoms with Crippen molar-refractivity contribution >= 4 is 11.4 Å². The molecule has 136 valence electrons. The van der Waals surface area contributed by atoms with Crippen LogP contribution in [0.25, 0.3) is 0 Å². The molecule has 0 fully saturated rings. The molecule has 0 aromatic heterocycles. The van der Waals surface area contributed by atoms with Crippen LogP contribution < -0.4 is 20.9 Å². The fourth-order valence-corrected chi connectivity index (χ4v) is 2.62. The Morgan fingerprint density at radius 3 is 1.96 bits per heavy atom. The van der Waals surface area contributed by atoms with E-state index in [0.29, 0.717) is 23.7 Å². The van der Waals surface area contributed by atoms with Crippen LogP contribution in [0.3, 0.4) is 0 Å². The lowest BCUT2D eigenvalue weighted by Crippen LogP contribution is -2.30. The van der Waals surface area contributed by atoms with Gasteiger partial charge in [0.25, 0.3) is 0 Å². The Hall–Kier alpha value is -2.40. The highest BCUT2D eigenvalue weighted by Gasteiger charge is 2.04. The van der Waals surface area contributed by atoms with Crippen LogP contribution in [0.4, 0.5) is 11.4 Å². The van der Waals surface area contributed by atoms with E-state index in [1.807, 2.05) is 24.3 Å². The topological polar surface area (TPSA) is 73.7 Å². The summed E-state index contributed by atoms with van der Waals surface area (Å²) in [6, 6.07) is 12.9. The van der Waals surface area contributed by atoms with Crippen LogP contribution in [0.15, 0.2) is 42.5 Å². The highest BCUT2D eigenvalue weighted by molar-refractivity contribution is 5.65. The number of ether oxygens (including phenoxy) is 2. The molecule has 25 heavy (non-hydrogen) atoms. The second kappa shape index (κ2) is 9.79. The number of nitrogens with two attached hydrogens (primary N) is 2. The zero-order valence-corrected chi connectivity index (χ0v) is 15.2. The van der Waals surface area contributed by atoms with Crippen molar-refractivity contribution in [3.8, 4) is 17.2 Å². The second-order valence-corrected chi connectivity index (χ2v) is 6.05. The highest BCUT2D eigenvalue weighted by atomic mass is 16.5. The summed E-state index contributed by atoms with van der Waals surface area (Å²) in [6.07, 6.45) is 2.34. The molecular formula is C20H29N3O2. The van der Waals surface area contributed by atoms with E-state index in [4.69, 9.17) is 20.9 Å². The van der Waals surface area contributed by atoms with Gasteiger partial charge in [0, 0.05) is 12.6 Å². The minimum absolute atomic E-state index is 0.515. The van der Waals surface area contributed by atoms with Crippen LogP contribution in [0, 0.1) is 0 Å². The number of nitrogens with zero attached hydrogens (tertiary/aromatic N) is 1. The largest absolute Gasteiger partial charge is 0.492 e. The van der Waals surface area contributed by atoms with Gasteiger partial charge >= 0.3 is 0 Å². The summed E-state index contributed by atoms with van der Waals surface area (Å²) in [5.41, 5.74) is 12.6. The van der Waals surface area contributed by atoms with Gasteiger partial charge in [0.15, 0.2) is 0 Å². The van der Waals surface area contributed by atoms with Crippen molar-refractivity contribution in [2.24, 2.45) is 0 Å². The molecule has 0 bridgehead atoms. The van der Waals surface area contributed by atoms with Crippen molar-refractivity contribution in [1.29, 1.82) is 0 Å². The lowest BCUT2D eigenvalue weighted by atomic mass is 10.2. The predicted octanol–water partition coefficient (Wildman–Crippen LogP) is 4.14. The molecule has 0 atom stereocenters. The molecule has 2 aromatic carbocycles. The van der Waals surface area contributed by atoms with Gasteiger partial charge in [0.1, 0.15) is 23.9 Å². The Balaban J connectivity index is 1.83. The van der Waals surface area contributed by atoms with E-state index >= 15 is 0 Å². The molecule has 5 heteroatoms. The van der Waals surface area contributed by atoms with E-state index in [0.717, 1.165) is 31.1 Å². The van der Waals surface area contributed by atoms with Crippen LogP contribution in [0.1, 0.15) is 26.7 Å². The van der Waals surface area contributed by atoms with Crippen molar-refractivity contribution in [2.45, 2.75) is 26.7 Å². The summed E-state index contributed by atoms with van der Waals surface area (Å²) >= 11 is 0. The van der Waals surface area contributed by atoms with E-state index < -0.39 is 0 Å².